The third kappa shape index (κ3) is 3.19. The van der Waals surface area contributed by atoms with Crippen LogP contribution in [0.1, 0.15) is 22.3 Å². The average Bonchev–Trinajstić information content (AvgIpc) is 2.76. The first-order chi connectivity index (χ1) is 8.11. The lowest BCUT2D eigenvalue weighted by Gasteiger charge is -2.17. The van der Waals surface area contributed by atoms with Crippen molar-refractivity contribution >= 4 is 30.1 Å². The maximum absolute atomic E-state index is 12.3. The Labute approximate surface area is 119 Å². The second kappa shape index (κ2) is 6.45. The molecule has 2 N–H and O–H groups in total. The van der Waals surface area contributed by atoms with Crippen LogP contribution < -0.4 is 5.73 Å². The Bertz CT molecular complexity index is 439. The number of benzene rings is 1. The Morgan fingerprint density at radius 3 is 2.78 bits per heavy atom. The van der Waals surface area contributed by atoms with Crippen LogP contribution in [0.25, 0.3) is 0 Å². The molecule has 1 heterocycles. The van der Waals surface area contributed by atoms with Crippen molar-refractivity contribution in [1.82, 2.24) is 4.90 Å². The number of halogens is 1. The van der Waals surface area contributed by atoms with Crippen LogP contribution in [0, 0.1) is 6.92 Å². The van der Waals surface area contributed by atoms with Crippen molar-refractivity contribution < 1.29 is 4.79 Å². The molecule has 1 aliphatic rings. The Balaban J connectivity index is 0.00000162. The van der Waals surface area contributed by atoms with E-state index in [0.717, 1.165) is 29.0 Å². The number of nitrogens with two attached hydrogens (primary N) is 1. The molecule has 3 nitrogen and oxygen atoms in total. The minimum atomic E-state index is 0. The number of hydrogen-bond acceptors (Lipinski definition) is 3. The summed E-state index contributed by atoms with van der Waals surface area (Å²) in [4.78, 5) is 15.3. The Morgan fingerprint density at radius 1 is 1.50 bits per heavy atom. The number of rotatable bonds is 2. The molecule has 1 amide bonds. The van der Waals surface area contributed by atoms with Crippen LogP contribution in [0.15, 0.2) is 23.1 Å². The van der Waals surface area contributed by atoms with Gasteiger partial charge in [-0.3, -0.25) is 4.79 Å². The highest BCUT2D eigenvalue weighted by Crippen LogP contribution is 2.21. The van der Waals surface area contributed by atoms with E-state index in [4.69, 9.17) is 5.73 Å². The number of thioether (sulfide) groups is 1. The highest BCUT2D eigenvalue weighted by atomic mass is 35.5. The zero-order valence-corrected chi connectivity index (χ0v) is 12.3. The zero-order valence-electron chi connectivity index (χ0n) is 10.7. The van der Waals surface area contributed by atoms with E-state index in [1.165, 1.54) is 0 Å². The topological polar surface area (TPSA) is 46.3 Å². The van der Waals surface area contributed by atoms with Gasteiger partial charge in [0.05, 0.1) is 0 Å². The highest BCUT2D eigenvalue weighted by Gasteiger charge is 2.25. The molecule has 1 fully saturated rings. The number of carbonyl (C=O) groups is 1. The van der Waals surface area contributed by atoms with Crippen LogP contribution in [0.5, 0.6) is 0 Å². The fourth-order valence-electron chi connectivity index (χ4n) is 2.10. The first kappa shape index (κ1) is 15.3. The van der Waals surface area contributed by atoms with Gasteiger partial charge in [-0.25, -0.2) is 0 Å². The van der Waals surface area contributed by atoms with Crippen LogP contribution in [0.4, 0.5) is 0 Å². The fraction of sp³-hybridized carbons (Fsp3) is 0.462. The molecule has 0 unspecified atom stereocenters. The molecule has 1 atom stereocenters. The van der Waals surface area contributed by atoms with Gasteiger partial charge in [0.15, 0.2) is 0 Å². The first-order valence-corrected chi connectivity index (χ1v) is 7.04. The van der Waals surface area contributed by atoms with Gasteiger partial charge in [-0.1, -0.05) is 6.07 Å². The number of carbonyl (C=O) groups excluding carboxylic acids is 1. The first-order valence-electron chi connectivity index (χ1n) is 5.81. The number of nitrogens with zero attached hydrogens (tertiary/aromatic N) is 1. The van der Waals surface area contributed by atoms with E-state index in [1.807, 2.05) is 36.3 Å². The SMILES string of the molecule is CSc1ccc(C)c(C(=O)N2CC[C@@H](N)C2)c1.Cl. The number of amides is 1. The Kier molecular flexibility index (Phi) is 5.50. The van der Waals surface area contributed by atoms with Gasteiger partial charge in [0.1, 0.15) is 0 Å². The smallest absolute Gasteiger partial charge is 0.254 e. The molecule has 1 saturated heterocycles. The molecular weight excluding hydrogens is 268 g/mol. The third-order valence-electron chi connectivity index (χ3n) is 3.19. The summed E-state index contributed by atoms with van der Waals surface area (Å²) < 4.78 is 0. The van der Waals surface area contributed by atoms with Gasteiger partial charge in [0.25, 0.3) is 5.91 Å². The monoisotopic (exact) mass is 286 g/mol. The van der Waals surface area contributed by atoms with Crippen LogP contribution in [-0.2, 0) is 0 Å². The molecule has 5 heteroatoms. The van der Waals surface area contributed by atoms with Crippen LogP contribution >= 0.6 is 24.2 Å². The molecular formula is C13H19ClN2OS. The molecule has 0 radical (unpaired) electrons. The lowest BCUT2D eigenvalue weighted by atomic mass is 10.1. The van der Waals surface area contributed by atoms with E-state index < -0.39 is 0 Å². The molecule has 0 saturated carbocycles. The number of hydrogen-bond donors (Lipinski definition) is 1. The minimum Gasteiger partial charge on any atom is -0.337 e. The molecule has 100 valence electrons. The maximum atomic E-state index is 12.3. The normalized spacial score (nSPS) is 18.6. The molecule has 2 rings (SSSR count). The van der Waals surface area contributed by atoms with E-state index in [9.17, 15) is 4.79 Å². The molecule has 0 bridgehead atoms. The Morgan fingerprint density at radius 2 is 2.22 bits per heavy atom. The lowest BCUT2D eigenvalue weighted by molar-refractivity contribution is 0.0790. The highest BCUT2D eigenvalue weighted by molar-refractivity contribution is 7.98. The molecule has 18 heavy (non-hydrogen) atoms. The van der Waals surface area contributed by atoms with Crippen molar-refractivity contribution in [3.8, 4) is 0 Å². The summed E-state index contributed by atoms with van der Waals surface area (Å²) in [5.74, 6) is 0.117. The van der Waals surface area contributed by atoms with Gasteiger partial charge in [0, 0.05) is 29.6 Å². The van der Waals surface area contributed by atoms with Gasteiger partial charge >= 0.3 is 0 Å². The Hall–Kier alpha value is -0.710. The van der Waals surface area contributed by atoms with E-state index >= 15 is 0 Å². The van der Waals surface area contributed by atoms with Crippen LogP contribution in [-0.4, -0.2) is 36.2 Å². The van der Waals surface area contributed by atoms with E-state index in [1.54, 1.807) is 11.8 Å². The van der Waals surface area contributed by atoms with Crippen LogP contribution in [0.3, 0.4) is 0 Å². The predicted molar refractivity (Wildman–Crippen MR) is 78.7 cm³/mol. The van der Waals surface area contributed by atoms with Gasteiger partial charge in [0.2, 0.25) is 0 Å². The van der Waals surface area contributed by atoms with E-state index in [0.29, 0.717) is 6.54 Å². The number of aryl methyl sites for hydroxylation is 1. The van der Waals surface area contributed by atoms with Gasteiger partial charge in [-0.2, -0.15) is 0 Å². The lowest BCUT2D eigenvalue weighted by Crippen LogP contribution is -2.32. The average molecular weight is 287 g/mol. The summed E-state index contributed by atoms with van der Waals surface area (Å²) in [6.45, 7) is 3.44. The standard InChI is InChI=1S/C13H18N2OS.ClH/c1-9-3-4-11(17-2)7-12(9)13(16)15-6-5-10(14)8-15;/h3-4,7,10H,5-6,8,14H2,1-2H3;1H/t10-;/m1./s1. The summed E-state index contributed by atoms with van der Waals surface area (Å²) in [5, 5.41) is 0. The zero-order chi connectivity index (χ0) is 12.4. The molecule has 0 spiro atoms. The molecule has 1 aliphatic heterocycles. The van der Waals surface area contributed by atoms with Crippen molar-refractivity contribution in [3.63, 3.8) is 0 Å². The summed E-state index contributed by atoms with van der Waals surface area (Å²) in [6, 6.07) is 6.18. The van der Waals surface area contributed by atoms with Crippen LogP contribution in [0.2, 0.25) is 0 Å². The largest absolute Gasteiger partial charge is 0.337 e. The summed E-state index contributed by atoms with van der Waals surface area (Å²) in [6.07, 6.45) is 2.93. The molecule has 1 aromatic carbocycles. The van der Waals surface area contributed by atoms with E-state index in [-0.39, 0.29) is 24.4 Å². The fourth-order valence-corrected chi connectivity index (χ4v) is 2.54. The maximum Gasteiger partial charge on any atom is 0.254 e. The quantitative estimate of drug-likeness (QED) is 0.849. The van der Waals surface area contributed by atoms with E-state index in [2.05, 4.69) is 0 Å². The van der Waals surface area contributed by atoms with Crippen molar-refractivity contribution in [2.24, 2.45) is 5.73 Å². The summed E-state index contributed by atoms with van der Waals surface area (Å²) in [5.41, 5.74) is 7.68. The number of likely N-dealkylation sites (tertiary alicyclic amines) is 1. The second-order valence-electron chi connectivity index (χ2n) is 4.48. The van der Waals surface area contributed by atoms with Crippen molar-refractivity contribution in [3.05, 3.63) is 29.3 Å². The van der Waals surface area contributed by atoms with Gasteiger partial charge in [-0.05, 0) is 37.3 Å². The minimum absolute atomic E-state index is 0. The summed E-state index contributed by atoms with van der Waals surface area (Å²) >= 11 is 1.66. The third-order valence-corrected chi connectivity index (χ3v) is 3.91. The van der Waals surface area contributed by atoms with Gasteiger partial charge < -0.3 is 10.6 Å². The van der Waals surface area contributed by atoms with Crippen molar-refractivity contribution in [2.75, 3.05) is 19.3 Å². The van der Waals surface area contributed by atoms with Crippen molar-refractivity contribution in [1.29, 1.82) is 0 Å². The molecule has 1 aromatic rings. The summed E-state index contributed by atoms with van der Waals surface area (Å²) in [7, 11) is 0. The van der Waals surface area contributed by atoms with Gasteiger partial charge in [-0.15, -0.1) is 24.2 Å². The van der Waals surface area contributed by atoms with Crippen molar-refractivity contribution in [2.45, 2.75) is 24.3 Å². The second-order valence-corrected chi connectivity index (χ2v) is 5.36. The molecule has 0 aromatic heterocycles. The predicted octanol–water partition coefficient (Wildman–Crippen LogP) is 2.31. The molecule has 0 aliphatic carbocycles.